The molecule has 0 heterocycles. The maximum absolute atomic E-state index is 11.4. The zero-order valence-corrected chi connectivity index (χ0v) is 22.1. The number of aliphatic hydroxyl groups is 1. The van der Waals surface area contributed by atoms with E-state index in [0.29, 0.717) is 5.11 Å². The Balaban J connectivity index is 1.64. The van der Waals surface area contributed by atoms with Crippen molar-refractivity contribution in [3.8, 4) is 0 Å². The van der Waals surface area contributed by atoms with Crippen LogP contribution in [0.5, 0.6) is 0 Å². The summed E-state index contributed by atoms with van der Waals surface area (Å²) in [6, 6.07) is 20.4. The Bertz CT molecular complexity index is 893. The zero-order valence-electron chi connectivity index (χ0n) is 21.3. The fourth-order valence-corrected chi connectivity index (χ4v) is 4.96. The van der Waals surface area contributed by atoms with E-state index in [9.17, 15) is 15.0 Å². The normalized spacial score (nSPS) is 14.5. The summed E-state index contributed by atoms with van der Waals surface area (Å²) in [6.45, 7) is 6.06. The molecule has 2 aromatic carbocycles. The summed E-state index contributed by atoms with van der Waals surface area (Å²) in [6.07, 6.45) is 6.67. The third-order valence-corrected chi connectivity index (χ3v) is 7.32. The third-order valence-electron chi connectivity index (χ3n) is 7.03. The number of aliphatic hydroxyl groups excluding tert-OH is 1. The molecule has 0 aliphatic rings. The van der Waals surface area contributed by atoms with E-state index in [0.717, 1.165) is 63.6 Å². The number of carbonyl (C=O) groups is 1. The molecular formula is C29H42N2O3S. The SMILES string of the molecule is CC(CCO)(CCCCNC(=S)NCCCCC(C)(CC(=O)O)c1ccccc1)c1ccccc1. The van der Waals surface area contributed by atoms with Crippen LogP contribution < -0.4 is 10.6 Å². The number of aliphatic carboxylic acids is 1. The third kappa shape index (κ3) is 9.98. The summed E-state index contributed by atoms with van der Waals surface area (Å²) in [5, 5.41) is 26.2. The lowest BCUT2D eigenvalue weighted by atomic mass is 9.75. The van der Waals surface area contributed by atoms with Crippen LogP contribution in [0.4, 0.5) is 0 Å². The van der Waals surface area contributed by atoms with Crippen molar-refractivity contribution >= 4 is 23.3 Å². The molecule has 2 unspecified atom stereocenters. The average Bonchev–Trinajstić information content (AvgIpc) is 2.84. The van der Waals surface area contributed by atoms with Crippen LogP contribution in [0, 0.1) is 0 Å². The van der Waals surface area contributed by atoms with Crippen LogP contribution in [-0.4, -0.2) is 41.0 Å². The molecule has 6 heteroatoms. The van der Waals surface area contributed by atoms with Gasteiger partial charge in [0.15, 0.2) is 5.11 Å². The van der Waals surface area contributed by atoms with E-state index in [2.05, 4.69) is 41.8 Å². The summed E-state index contributed by atoms with van der Waals surface area (Å²) in [5.74, 6) is -0.764. The van der Waals surface area contributed by atoms with Gasteiger partial charge in [0.2, 0.25) is 0 Å². The van der Waals surface area contributed by atoms with Crippen LogP contribution in [0.1, 0.15) is 76.3 Å². The number of benzene rings is 2. The summed E-state index contributed by atoms with van der Waals surface area (Å²) < 4.78 is 0. The molecule has 0 aliphatic carbocycles. The molecule has 0 bridgehead atoms. The van der Waals surface area contributed by atoms with Crippen molar-refractivity contribution < 1.29 is 15.0 Å². The highest BCUT2D eigenvalue weighted by atomic mass is 32.1. The Kier molecular flexibility index (Phi) is 12.2. The first-order valence-electron chi connectivity index (χ1n) is 12.7. The molecule has 2 rings (SSSR count). The average molecular weight is 499 g/mol. The van der Waals surface area contributed by atoms with Crippen molar-refractivity contribution in [1.29, 1.82) is 0 Å². The van der Waals surface area contributed by atoms with Gasteiger partial charge in [-0.25, -0.2) is 0 Å². The van der Waals surface area contributed by atoms with Gasteiger partial charge >= 0.3 is 5.97 Å². The fourth-order valence-electron chi connectivity index (χ4n) is 4.76. The van der Waals surface area contributed by atoms with Crippen LogP contribution in [0.15, 0.2) is 60.7 Å². The predicted octanol–water partition coefficient (Wildman–Crippen LogP) is 5.56. The van der Waals surface area contributed by atoms with E-state index in [1.807, 2.05) is 43.3 Å². The summed E-state index contributed by atoms with van der Waals surface area (Å²) in [7, 11) is 0. The van der Waals surface area contributed by atoms with E-state index >= 15 is 0 Å². The molecule has 0 radical (unpaired) electrons. The molecular weight excluding hydrogens is 456 g/mol. The van der Waals surface area contributed by atoms with E-state index in [4.69, 9.17) is 12.2 Å². The van der Waals surface area contributed by atoms with Gasteiger partial charge in [-0.1, -0.05) is 87.4 Å². The number of nitrogens with one attached hydrogen (secondary N) is 2. The number of hydrogen-bond acceptors (Lipinski definition) is 3. The highest BCUT2D eigenvalue weighted by molar-refractivity contribution is 7.80. The number of carboxylic acids is 1. The molecule has 0 fully saturated rings. The Hall–Kier alpha value is -2.44. The Labute approximate surface area is 216 Å². The van der Waals surface area contributed by atoms with Gasteiger partial charge in [-0.05, 0) is 60.9 Å². The maximum Gasteiger partial charge on any atom is 0.304 e. The minimum Gasteiger partial charge on any atom is -0.481 e. The van der Waals surface area contributed by atoms with Crippen molar-refractivity contribution in [2.24, 2.45) is 0 Å². The van der Waals surface area contributed by atoms with Gasteiger partial charge in [0.05, 0.1) is 6.42 Å². The van der Waals surface area contributed by atoms with E-state index in [-0.39, 0.29) is 23.9 Å². The first-order valence-corrected chi connectivity index (χ1v) is 13.2. The van der Waals surface area contributed by atoms with Gasteiger partial charge in [-0.3, -0.25) is 4.79 Å². The van der Waals surface area contributed by atoms with Crippen molar-refractivity contribution in [2.75, 3.05) is 19.7 Å². The van der Waals surface area contributed by atoms with Gasteiger partial charge < -0.3 is 20.8 Å². The van der Waals surface area contributed by atoms with Crippen LogP contribution >= 0.6 is 12.2 Å². The second-order valence-corrected chi connectivity index (χ2v) is 10.4. The molecule has 5 nitrogen and oxygen atoms in total. The number of rotatable bonds is 16. The van der Waals surface area contributed by atoms with Gasteiger partial charge in [0, 0.05) is 25.1 Å². The lowest BCUT2D eigenvalue weighted by Gasteiger charge is -2.30. The van der Waals surface area contributed by atoms with Crippen LogP contribution in [0.25, 0.3) is 0 Å². The van der Waals surface area contributed by atoms with E-state index < -0.39 is 5.97 Å². The van der Waals surface area contributed by atoms with Crippen molar-refractivity contribution in [2.45, 2.75) is 76.0 Å². The van der Waals surface area contributed by atoms with Crippen molar-refractivity contribution in [3.63, 3.8) is 0 Å². The standard InChI is InChI=1S/C29H42N2O3S/c1-28(19-22-32,24-13-5-3-6-14-24)17-9-11-20-30-27(35)31-21-12-10-18-29(2,23-26(33)34)25-15-7-4-8-16-25/h3-8,13-16,32H,9-12,17-23H2,1-2H3,(H,33,34)(H2,30,31,35). The van der Waals surface area contributed by atoms with Crippen LogP contribution in [-0.2, 0) is 15.6 Å². The van der Waals surface area contributed by atoms with Gasteiger partial charge in [0.25, 0.3) is 0 Å². The van der Waals surface area contributed by atoms with E-state index in [1.54, 1.807) is 0 Å². The van der Waals surface area contributed by atoms with Crippen molar-refractivity contribution in [3.05, 3.63) is 71.8 Å². The highest BCUT2D eigenvalue weighted by Crippen LogP contribution is 2.34. The maximum atomic E-state index is 11.4. The van der Waals surface area contributed by atoms with E-state index in [1.165, 1.54) is 5.56 Å². The van der Waals surface area contributed by atoms with Crippen molar-refractivity contribution in [1.82, 2.24) is 10.6 Å². The Morgan fingerprint density at radius 3 is 1.69 bits per heavy atom. The predicted molar refractivity (Wildman–Crippen MR) is 148 cm³/mol. The molecule has 0 spiro atoms. The second-order valence-electron chi connectivity index (χ2n) is 9.99. The van der Waals surface area contributed by atoms with Crippen LogP contribution in [0.2, 0.25) is 0 Å². The zero-order chi connectivity index (χ0) is 25.6. The first kappa shape index (κ1) is 28.8. The molecule has 0 amide bonds. The monoisotopic (exact) mass is 498 g/mol. The highest BCUT2D eigenvalue weighted by Gasteiger charge is 2.29. The molecule has 0 aliphatic heterocycles. The summed E-state index contributed by atoms with van der Waals surface area (Å²) >= 11 is 5.42. The molecule has 4 N–H and O–H groups in total. The number of thiocarbonyl (C=S) groups is 1. The molecule has 35 heavy (non-hydrogen) atoms. The fraction of sp³-hybridized carbons (Fsp3) is 0.517. The quantitative estimate of drug-likeness (QED) is 0.179. The topological polar surface area (TPSA) is 81.6 Å². The number of carboxylic acid groups (broad SMARTS) is 1. The van der Waals surface area contributed by atoms with Gasteiger partial charge in [0.1, 0.15) is 0 Å². The van der Waals surface area contributed by atoms with Gasteiger partial charge in [-0.15, -0.1) is 0 Å². The number of hydrogen-bond donors (Lipinski definition) is 4. The first-order chi connectivity index (χ1) is 16.8. The lowest BCUT2D eigenvalue weighted by Crippen LogP contribution is -2.36. The largest absolute Gasteiger partial charge is 0.481 e. The molecule has 0 saturated heterocycles. The molecule has 0 aromatic heterocycles. The second kappa shape index (κ2) is 14.8. The Morgan fingerprint density at radius 1 is 0.771 bits per heavy atom. The minimum atomic E-state index is -0.764. The minimum absolute atomic E-state index is 0.0103. The lowest BCUT2D eigenvalue weighted by molar-refractivity contribution is -0.138. The Morgan fingerprint density at radius 2 is 1.23 bits per heavy atom. The molecule has 2 aromatic rings. The molecule has 2 atom stereocenters. The number of unbranched alkanes of at least 4 members (excludes halogenated alkanes) is 2. The summed E-state index contributed by atoms with van der Waals surface area (Å²) in [5.41, 5.74) is 1.99. The molecule has 0 saturated carbocycles. The summed E-state index contributed by atoms with van der Waals surface area (Å²) in [4.78, 5) is 11.4. The van der Waals surface area contributed by atoms with Gasteiger partial charge in [-0.2, -0.15) is 0 Å². The van der Waals surface area contributed by atoms with Crippen LogP contribution in [0.3, 0.4) is 0 Å². The smallest absolute Gasteiger partial charge is 0.304 e. The molecule has 192 valence electrons.